The minimum absolute atomic E-state index is 0.219. The maximum Gasteiger partial charge on any atom is 0.328 e. The van der Waals surface area contributed by atoms with Gasteiger partial charge in [-0.25, -0.2) is 4.79 Å². The molecule has 5 nitrogen and oxygen atoms in total. The smallest absolute Gasteiger partial charge is 0.328 e. The van der Waals surface area contributed by atoms with E-state index in [1.165, 1.54) is 12.1 Å². The van der Waals surface area contributed by atoms with Crippen LogP contribution in [0.25, 0.3) is 0 Å². The summed E-state index contributed by atoms with van der Waals surface area (Å²) in [6.07, 6.45) is 0. The molecule has 1 aromatic rings. The van der Waals surface area contributed by atoms with E-state index in [9.17, 15) is 14.4 Å². The molecular weight excluding hydrogens is 184 g/mol. The number of rotatable bonds is 0. The van der Waals surface area contributed by atoms with Gasteiger partial charge in [0, 0.05) is 0 Å². The maximum absolute atomic E-state index is 11.5. The van der Waals surface area contributed by atoms with Crippen LogP contribution in [0.4, 0.5) is 4.79 Å². The van der Waals surface area contributed by atoms with Gasteiger partial charge in [-0.1, -0.05) is 12.1 Å². The van der Waals surface area contributed by atoms with Crippen LogP contribution in [-0.4, -0.2) is 22.7 Å². The quantitative estimate of drug-likeness (QED) is 0.600. The average molecular weight is 190 g/mol. The van der Waals surface area contributed by atoms with Crippen molar-refractivity contribution in [2.75, 3.05) is 0 Å². The number of carbonyl (C=O) groups excluding carboxylic acids is 3. The van der Waals surface area contributed by atoms with Crippen LogP contribution in [0.2, 0.25) is 0 Å². The number of imide groups is 3. The van der Waals surface area contributed by atoms with Crippen molar-refractivity contribution in [2.24, 2.45) is 5.73 Å². The first kappa shape index (κ1) is 8.43. The summed E-state index contributed by atoms with van der Waals surface area (Å²) >= 11 is 0. The van der Waals surface area contributed by atoms with E-state index in [4.69, 9.17) is 5.73 Å². The van der Waals surface area contributed by atoms with Crippen molar-refractivity contribution in [3.05, 3.63) is 35.4 Å². The number of amides is 4. The first-order valence-corrected chi connectivity index (χ1v) is 3.90. The zero-order valence-electron chi connectivity index (χ0n) is 7.06. The van der Waals surface area contributed by atoms with Crippen LogP contribution in [0.5, 0.6) is 0 Å². The Kier molecular flexibility index (Phi) is 1.60. The van der Waals surface area contributed by atoms with Crippen LogP contribution in [0.1, 0.15) is 20.7 Å². The second-order valence-corrected chi connectivity index (χ2v) is 2.83. The number of hydrogen-bond donors (Lipinski definition) is 1. The zero-order chi connectivity index (χ0) is 10.3. The molecule has 2 rings (SSSR count). The lowest BCUT2D eigenvalue weighted by Gasteiger charge is -2.06. The minimum atomic E-state index is -1.05. The van der Waals surface area contributed by atoms with Crippen molar-refractivity contribution in [1.29, 1.82) is 0 Å². The molecule has 0 atom stereocenters. The number of carbonyl (C=O) groups is 3. The molecule has 0 saturated carbocycles. The Bertz CT molecular complexity index is 418. The van der Waals surface area contributed by atoms with Crippen LogP contribution in [-0.2, 0) is 0 Å². The number of hydrogen-bond acceptors (Lipinski definition) is 3. The first-order chi connectivity index (χ1) is 6.63. The summed E-state index contributed by atoms with van der Waals surface area (Å²) < 4.78 is 0. The van der Waals surface area contributed by atoms with E-state index >= 15 is 0 Å². The molecule has 1 heterocycles. The van der Waals surface area contributed by atoms with E-state index in [2.05, 4.69) is 0 Å². The number of nitrogens with zero attached hydrogens (tertiary/aromatic N) is 1. The van der Waals surface area contributed by atoms with E-state index < -0.39 is 17.8 Å². The van der Waals surface area contributed by atoms with Crippen molar-refractivity contribution in [3.8, 4) is 0 Å². The van der Waals surface area contributed by atoms with Crippen molar-refractivity contribution < 1.29 is 14.4 Å². The molecule has 0 saturated heterocycles. The molecule has 1 aliphatic heterocycles. The van der Waals surface area contributed by atoms with Gasteiger partial charge in [0.2, 0.25) is 0 Å². The fourth-order valence-electron chi connectivity index (χ4n) is 1.39. The molecule has 4 amide bonds. The van der Waals surface area contributed by atoms with E-state index in [1.54, 1.807) is 12.1 Å². The molecule has 0 spiro atoms. The van der Waals surface area contributed by atoms with Crippen molar-refractivity contribution in [2.45, 2.75) is 0 Å². The summed E-state index contributed by atoms with van der Waals surface area (Å²) in [5.74, 6) is -1.31. The zero-order valence-corrected chi connectivity index (χ0v) is 7.06. The Labute approximate surface area is 79.1 Å². The summed E-state index contributed by atoms with van der Waals surface area (Å²) in [5, 5.41) is 0. The summed E-state index contributed by atoms with van der Waals surface area (Å²) in [6.45, 7) is 0. The Hall–Kier alpha value is -2.17. The standard InChI is InChI=1S/C9H6N2O3/c10-9(14)11-7(12)5-3-1-2-4-6(5)8(11)13/h1-4H,(H2,10,14). The fourth-order valence-corrected chi connectivity index (χ4v) is 1.39. The van der Waals surface area contributed by atoms with Gasteiger partial charge in [0.25, 0.3) is 11.8 Å². The van der Waals surface area contributed by atoms with Crippen LogP contribution in [0.15, 0.2) is 24.3 Å². The number of fused-ring (bicyclic) bond motifs is 1. The van der Waals surface area contributed by atoms with Gasteiger partial charge in [-0.15, -0.1) is 0 Å². The Morgan fingerprint density at radius 2 is 1.50 bits per heavy atom. The molecule has 0 radical (unpaired) electrons. The van der Waals surface area contributed by atoms with E-state index in [1.807, 2.05) is 0 Å². The van der Waals surface area contributed by atoms with Crippen molar-refractivity contribution >= 4 is 17.8 Å². The van der Waals surface area contributed by atoms with Crippen LogP contribution in [0.3, 0.4) is 0 Å². The number of primary amides is 1. The van der Waals surface area contributed by atoms with Gasteiger partial charge in [-0.3, -0.25) is 9.59 Å². The van der Waals surface area contributed by atoms with Crippen molar-refractivity contribution in [3.63, 3.8) is 0 Å². The molecular formula is C9H6N2O3. The number of nitrogens with two attached hydrogens (primary N) is 1. The lowest BCUT2D eigenvalue weighted by molar-refractivity contribution is 0.0710. The van der Waals surface area contributed by atoms with Gasteiger partial charge < -0.3 is 5.73 Å². The van der Waals surface area contributed by atoms with Gasteiger partial charge in [0.15, 0.2) is 0 Å². The molecule has 2 N–H and O–H groups in total. The third-order valence-electron chi connectivity index (χ3n) is 2.01. The predicted molar refractivity (Wildman–Crippen MR) is 46.5 cm³/mol. The monoisotopic (exact) mass is 190 g/mol. The van der Waals surface area contributed by atoms with Gasteiger partial charge in [0.1, 0.15) is 0 Å². The maximum atomic E-state index is 11.5. The first-order valence-electron chi connectivity index (χ1n) is 3.90. The lowest BCUT2D eigenvalue weighted by atomic mass is 10.1. The highest BCUT2D eigenvalue weighted by molar-refractivity contribution is 6.28. The van der Waals surface area contributed by atoms with E-state index in [0.29, 0.717) is 4.90 Å². The third-order valence-corrected chi connectivity index (χ3v) is 2.01. The highest BCUT2D eigenvalue weighted by Crippen LogP contribution is 2.21. The second kappa shape index (κ2) is 2.66. The normalized spacial score (nSPS) is 14.4. The van der Waals surface area contributed by atoms with Gasteiger partial charge in [-0.2, -0.15) is 4.90 Å². The topological polar surface area (TPSA) is 80.5 Å². The van der Waals surface area contributed by atoms with E-state index in [0.717, 1.165) is 0 Å². The highest BCUT2D eigenvalue weighted by atomic mass is 16.2. The molecule has 14 heavy (non-hydrogen) atoms. The van der Waals surface area contributed by atoms with Crippen LogP contribution >= 0.6 is 0 Å². The SMILES string of the molecule is NC(=O)N1C(=O)c2ccccc2C1=O. The van der Waals surface area contributed by atoms with Gasteiger partial charge in [-0.05, 0) is 12.1 Å². The fraction of sp³-hybridized carbons (Fsp3) is 0. The minimum Gasteiger partial charge on any atom is -0.351 e. The summed E-state index contributed by atoms with van der Waals surface area (Å²) in [5.41, 5.74) is 5.34. The molecule has 0 aliphatic carbocycles. The Morgan fingerprint density at radius 3 is 1.86 bits per heavy atom. The summed E-state index contributed by atoms with van der Waals surface area (Å²) in [7, 11) is 0. The van der Waals surface area contributed by atoms with Gasteiger partial charge in [0.05, 0.1) is 11.1 Å². The largest absolute Gasteiger partial charge is 0.351 e. The average Bonchev–Trinajstić information content (AvgIpc) is 2.41. The summed E-state index contributed by atoms with van der Waals surface area (Å²) in [6, 6.07) is 5.16. The molecule has 0 bridgehead atoms. The molecule has 1 aromatic carbocycles. The lowest BCUT2D eigenvalue weighted by Crippen LogP contribution is -2.39. The predicted octanol–water partition coefficient (Wildman–Crippen LogP) is 0.361. The highest BCUT2D eigenvalue weighted by Gasteiger charge is 2.38. The van der Waals surface area contributed by atoms with Gasteiger partial charge >= 0.3 is 6.03 Å². The van der Waals surface area contributed by atoms with E-state index in [-0.39, 0.29) is 11.1 Å². The summed E-state index contributed by atoms with van der Waals surface area (Å²) in [4.78, 5) is 34.1. The third kappa shape index (κ3) is 0.922. The Balaban J connectivity index is 2.59. The molecule has 5 heteroatoms. The van der Waals surface area contributed by atoms with Crippen LogP contribution in [0, 0.1) is 0 Å². The van der Waals surface area contributed by atoms with Crippen LogP contribution < -0.4 is 5.73 Å². The Morgan fingerprint density at radius 1 is 1.07 bits per heavy atom. The van der Waals surface area contributed by atoms with Crippen molar-refractivity contribution in [1.82, 2.24) is 4.90 Å². The second-order valence-electron chi connectivity index (χ2n) is 2.83. The molecule has 70 valence electrons. The molecule has 1 aliphatic rings. The number of benzene rings is 1. The number of urea groups is 1. The molecule has 0 aromatic heterocycles. The molecule has 0 unspecified atom stereocenters. The molecule has 0 fully saturated rings.